The minimum absolute atomic E-state index is 0.121. The van der Waals surface area contributed by atoms with Crippen molar-refractivity contribution in [3.05, 3.63) is 35.6 Å². The van der Waals surface area contributed by atoms with Crippen LogP contribution in [0.15, 0.2) is 24.3 Å². The van der Waals surface area contributed by atoms with Gasteiger partial charge in [0.05, 0.1) is 6.04 Å². The van der Waals surface area contributed by atoms with Gasteiger partial charge in [0.2, 0.25) is 5.91 Å². The molecule has 1 aromatic rings. The van der Waals surface area contributed by atoms with Gasteiger partial charge in [-0.05, 0) is 36.8 Å². The Morgan fingerprint density at radius 2 is 2.19 bits per heavy atom. The van der Waals surface area contributed by atoms with Gasteiger partial charge in [-0.1, -0.05) is 26.0 Å². The van der Waals surface area contributed by atoms with E-state index in [1.54, 1.807) is 6.07 Å². The molecule has 1 aliphatic rings. The van der Waals surface area contributed by atoms with Gasteiger partial charge in [0.1, 0.15) is 12.0 Å². The zero-order valence-electron chi connectivity index (χ0n) is 12.8. The smallest absolute Gasteiger partial charge is 0.241 e. The van der Waals surface area contributed by atoms with Gasteiger partial charge in [-0.2, -0.15) is 11.8 Å². The summed E-state index contributed by atoms with van der Waals surface area (Å²) in [6, 6.07) is 6.46. The zero-order chi connectivity index (χ0) is 15.4. The van der Waals surface area contributed by atoms with Crippen molar-refractivity contribution >= 4 is 17.7 Å². The first-order chi connectivity index (χ1) is 10.1. The first kappa shape index (κ1) is 16.3. The summed E-state index contributed by atoms with van der Waals surface area (Å²) < 4.78 is 13.5. The van der Waals surface area contributed by atoms with Gasteiger partial charge in [0, 0.05) is 11.8 Å². The van der Waals surface area contributed by atoms with Gasteiger partial charge in [0.15, 0.2) is 0 Å². The Hall–Kier alpha value is -1.07. The highest BCUT2D eigenvalue weighted by atomic mass is 32.2. The molecule has 1 N–H and O–H groups in total. The molecule has 0 aliphatic carbocycles. The molecule has 0 saturated carbocycles. The van der Waals surface area contributed by atoms with E-state index in [1.807, 2.05) is 29.7 Å². The molecular weight excluding hydrogens is 287 g/mol. The van der Waals surface area contributed by atoms with Gasteiger partial charge < -0.3 is 4.90 Å². The third kappa shape index (κ3) is 3.58. The van der Waals surface area contributed by atoms with Gasteiger partial charge in [0.25, 0.3) is 0 Å². The average molecular weight is 310 g/mol. The van der Waals surface area contributed by atoms with E-state index in [0.29, 0.717) is 0 Å². The number of halogens is 1. The monoisotopic (exact) mass is 310 g/mol. The molecule has 1 aliphatic heterocycles. The Morgan fingerprint density at radius 3 is 2.81 bits per heavy atom. The first-order valence-corrected chi connectivity index (χ1v) is 8.65. The molecule has 5 heteroatoms. The molecule has 3 atom stereocenters. The van der Waals surface area contributed by atoms with Gasteiger partial charge in [-0.15, -0.1) is 0 Å². The van der Waals surface area contributed by atoms with Crippen LogP contribution in [0.4, 0.5) is 4.39 Å². The summed E-state index contributed by atoms with van der Waals surface area (Å²) in [4.78, 5) is 14.5. The maximum absolute atomic E-state index is 13.5. The number of carbonyl (C=O) groups excluding carboxylic acids is 1. The summed E-state index contributed by atoms with van der Waals surface area (Å²) in [6.07, 6.45) is 0.514. The van der Waals surface area contributed by atoms with E-state index in [1.165, 1.54) is 12.1 Å². The van der Waals surface area contributed by atoms with Crippen molar-refractivity contribution in [2.45, 2.75) is 45.4 Å². The lowest BCUT2D eigenvalue weighted by Gasteiger charge is -2.30. The molecule has 0 radical (unpaired) electrons. The van der Waals surface area contributed by atoms with Gasteiger partial charge in [-0.25, -0.2) is 4.39 Å². The fourth-order valence-corrected chi connectivity index (χ4v) is 3.45. The molecule has 1 heterocycles. The number of nitrogens with zero attached hydrogens (tertiary/aromatic N) is 1. The average Bonchev–Trinajstić information content (AvgIpc) is 2.81. The SMILES string of the molecule is CCSCC(C)N1C(=O)C(CC)NC1c1cccc(F)c1. The maximum atomic E-state index is 13.5. The van der Waals surface area contributed by atoms with Gasteiger partial charge in [-0.3, -0.25) is 10.1 Å². The number of benzene rings is 1. The Balaban J connectivity index is 2.26. The predicted octanol–water partition coefficient (Wildman–Crippen LogP) is 3.18. The number of amides is 1. The van der Waals surface area contributed by atoms with Crippen molar-refractivity contribution in [3.8, 4) is 0 Å². The predicted molar refractivity (Wildman–Crippen MR) is 85.7 cm³/mol. The number of carbonyl (C=O) groups is 1. The molecule has 1 aromatic carbocycles. The van der Waals surface area contributed by atoms with Crippen LogP contribution in [0.5, 0.6) is 0 Å². The second-order valence-corrected chi connectivity index (χ2v) is 6.66. The van der Waals surface area contributed by atoms with E-state index in [0.717, 1.165) is 23.5 Å². The van der Waals surface area contributed by atoms with Gasteiger partial charge >= 0.3 is 0 Å². The number of nitrogens with one attached hydrogen (secondary N) is 1. The summed E-state index contributed by atoms with van der Waals surface area (Å²) >= 11 is 1.82. The molecule has 3 nitrogen and oxygen atoms in total. The summed E-state index contributed by atoms with van der Waals surface area (Å²) in [6.45, 7) is 6.17. The second kappa shape index (κ2) is 7.27. The lowest BCUT2D eigenvalue weighted by atomic mass is 10.1. The highest BCUT2D eigenvalue weighted by Gasteiger charge is 2.40. The Kier molecular flexibility index (Phi) is 5.65. The number of hydrogen-bond donors (Lipinski definition) is 1. The van der Waals surface area contributed by atoms with Crippen LogP contribution in [-0.2, 0) is 4.79 Å². The molecule has 0 bridgehead atoms. The van der Waals surface area contributed by atoms with Crippen LogP contribution in [0.3, 0.4) is 0 Å². The van der Waals surface area contributed by atoms with Crippen molar-refractivity contribution in [3.63, 3.8) is 0 Å². The minimum Gasteiger partial charge on any atom is -0.318 e. The molecule has 0 aromatic heterocycles. The zero-order valence-corrected chi connectivity index (χ0v) is 13.6. The number of hydrogen-bond acceptors (Lipinski definition) is 3. The Bertz CT molecular complexity index is 497. The fraction of sp³-hybridized carbons (Fsp3) is 0.562. The van der Waals surface area contributed by atoms with Crippen molar-refractivity contribution < 1.29 is 9.18 Å². The second-order valence-electron chi connectivity index (χ2n) is 5.34. The van der Waals surface area contributed by atoms with Crippen LogP contribution in [0.2, 0.25) is 0 Å². The number of rotatable bonds is 6. The lowest BCUT2D eigenvalue weighted by Crippen LogP contribution is -2.40. The van der Waals surface area contributed by atoms with E-state index >= 15 is 0 Å². The molecule has 2 rings (SSSR count). The maximum Gasteiger partial charge on any atom is 0.241 e. The summed E-state index contributed by atoms with van der Waals surface area (Å²) in [5.74, 6) is 1.78. The highest BCUT2D eigenvalue weighted by Crippen LogP contribution is 2.30. The van der Waals surface area contributed by atoms with Crippen molar-refractivity contribution in [1.29, 1.82) is 0 Å². The molecule has 1 amide bonds. The molecule has 116 valence electrons. The minimum atomic E-state index is -0.266. The molecule has 0 spiro atoms. The van der Waals surface area contributed by atoms with Crippen LogP contribution in [0.1, 0.15) is 38.9 Å². The van der Waals surface area contributed by atoms with E-state index < -0.39 is 0 Å². The van der Waals surface area contributed by atoms with E-state index in [2.05, 4.69) is 19.2 Å². The van der Waals surface area contributed by atoms with E-state index in [-0.39, 0.29) is 30.0 Å². The number of thioether (sulfide) groups is 1. The van der Waals surface area contributed by atoms with Crippen molar-refractivity contribution in [2.75, 3.05) is 11.5 Å². The summed E-state index contributed by atoms with van der Waals surface area (Å²) in [7, 11) is 0. The highest BCUT2D eigenvalue weighted by molar-refractivity contribution is 7.99. The Morgan fingerprint density at radius 1 is 1.43 bits per heavy atom. The summed E-state index contributed by atoms with van der Waals surface area (Å²) in [5.41, 5.74) is 0.813. The first-order valence-electron chi connectivity index (χ1n) is 7.49. The van der Waals surface area contributed by atoms with Crippen LogP contribution in [0.25, 0.3) is 0 Å². The van der Waals surface area contributed by atoms with Crippen molar-refractivity contribution in [2.24, 2.45) is 0 Å². The normalized spacial score (nSPS) is 23.6. The standard InChI is InChI=1S/C16H23FN2OS/c1-4-14-16(20)19(11(3)10-21-5-2)15(18-14)12-7-6-8-13(17)9-12/h6-9,11,14-15,18H,4-5,10H2,1-3H3. The van der Waals surface area contributed by atoms with Crippen LogP contribution >= 0.6 is 11.8 Å². The Labute approximate surface area is 130 Å². The molecular formula is C16H23FN2OS. The summed E-state index contributed by atoms with van der Waals surface area (Å²) in [5, 5.41) is 3.34. The molecule has 1 fully saturated rings. The lowest BCUT2D eigenvalue weighted by molar-refractivity contribution is -0.131. The quantitative estimate of drug-likeness (QED) is 0.876. The van der Waals surface area contributed by atoms with Crippen LogP contribution in [0, 0.1) is 5.82 Å². The molecule has 21 heavy (non-hydrogen) atoms. The largest absolute Gasteiger partial charge is 0.318 e. The van der Waals surface area contributed by atoms with Crippen molar-refractivity contribution in [1.82, 2.24) is 10.2 Å². The fourth-order valence-electron chi connectivity index (χ4n) is 2.72. The molecule has 1 saturated heterocycles. The van der Waals surface area contributed by atoms with Crippen LogP contribution < -0.4 is 5.32 Å². The third-order valence-electron chi connectivity index (χ3n) is 3.80. The third-order valence-corrected chi connectivity index (χ3v) is 4.93. The van der Waals surface area contributed by atoms with E-state index in [9.17, 15) is 9.18 Å². The van der Waals surface area contributed by atoms with Crippen LogP contribution in [-0.4, -0.2) is 34.4 Å². The molecule has 3 unspecified atom stereocenters. The van der Waals surface area contributed by atoms with E-state index in [4.69, 9.17) is 0 Å². The topological polar surface area (TPSA) is 32.3 Å².